The molecule has 1 heterocycles. The van der Waals surface area contributed by atoms with Crippen LogP contribution < -0.4 is 5.32 Å². The second-order valence-corrected chi connectivity index (χ2v) is 5.65. The van der Waals surface area contributed by atoms with Gasteiger partial charge in [0.2, 0.25) is 0 Å². The fourth-order valence-electron chi connectivity index (χ4n) is 3.19. The fraction of sp³-hybridized carbons (Fsp3) is 0.929. The van der Waals surface area contributed by atoms with Gasteiger partial charge in [-0.25, -0.2) is 4.79 Å². The highest BCUT2D eigenvalue weighted by molar-refractivity contribution is 5.74. The minimum Gasteiger partial charge on any atom is -0.335 e. The number of likely N-dealkylation sites (tertiary alicyclic amines) is 1. The van der Waals surface area contributed by atoms with E-state index in [1.54, 1.807) is 0 Å². The van der Waals surface area contributed by atoms with Crippen molar-refractivity contribution in [1.82, 2.24) is 10.2 Å². The molecule has 3 heteroatoms. The van der Waals surface area contributed by atoms with Crippen LogP contribution in [0, 0.1) is 5.92 Å². The summed E-state index contributed by atoms with van der Waals surface area (Å²) in [5.41, 5.74) is 0. The molecule has 0 unspecified atom stereocenters. The van der Waals surface area contributed by atoms with E-state index in [-0.39, 0.29) is 6.03 Å². The first kappa shape index (κ1) is 12.7. The van der Waals surface area contributed by atoms with Gasteiger partial charge in [-0.05, 0) is 44.4 Å². The van der Waals surface area contributed by atoms with E-state index in [2.05, 4.69) is 12.2 Å². The predicted molar refractivity (Wildman–Crippen MR) is 70.0 cm³/mol. The molecule has 0 aromatic carbocycles. The van der Waals surface area contributed by atoms with Gasteiger partial charge in [-0.3, -0.25) is 0 Å². The van der Waals surface area contributed by atoms with Gasteiger partial charge in [-0.2, -0.15) is 0 Å². The lowest BCUT2D eigenvalue weighted by Crippen LogP contribution is -2.44. The van der Waals surface area contributed by atoms with Gasteiger partial charge >= 0.3 is 6.03 Å². The Morgan fingerprint density at radius 2 is 1.82 bits per heavy atom. The summed E-state index contributed by atoms with van der Waals surface area (Å²) in [5.74, 6) is 0.917. The first-order chi connectivity index (χ1) is 8.29. The highest BCUT2D eigenvalue weighted by atomic mass is 16.2. The molecule has 98 valence electrons. The van der Waals surface area contributed by atoms with Crippen molar-refractivity contribution >= 4 is 6.03 Å². The second-order valence-electron chi connectivity index (χ2n) is 5.65. The van der Waals surface area contributed by atoms with Crippen molar-refractivity contribution in [2.75, 3.05) is 13.1 Å². The maximum Gasteiger partial charge on any atom is 0.317 e. The van der Waals surface area contributed by atoms with Crippen LogP contribution in [0.3, 0.4) is 0 Å². The number of urea groups is 1. The van der Waals surface area contributed by atoms with Gasteiger partial charge in [0.25, 0.3) is 0 Å². The molecule has 2 aliphatic rings. The average molecular weight is 238 g/mol. The van der Waals surface area contributed by atoms with Crippen LogP contribution in [0.5, 0.6) is 0 Å². The van der Waals surface area contributed by atoms with E-state index in [1.807, 2.05) is 4.90 Å². The normalized spacial score (nSPS) is 29.4. The molecule has 2 fully saturated rings. The van der Waals surface area contributed by atoms with Crippen molar-refractivity contribution in [3.8, 4) is 0 Å². The number of carbonyl (C=O) groups is 1. The number of carbonyl (C=O) groups excluding carboxylic acids is 1. The summed E-state index contributed by atoms with van der Waals surface area (Å²) in [6.07, 6.45) is 10.0. The summed E-state index contributed by atoms with van der Waals surface area (Å²) in [4.78, 5) is 13.9. The van der Waals surface area contributed by atoms with Crippen molar-refractivity contribution in [3.63, 3.8) is 0 Å². The van der Waals surface area contributed by atoms with Crippen LogP contribution in [-0.2, 0) is 0 Å². The maximum atomic E-state index is 11.9. The van der Waals surface area contributed by atoms with Gasteiger partial charge < -0.3 is 10.2 Å². The standard InChI is InChI=1S/C14H26N2O/c1-2-5-12-6-8-13(9-7-12)15-14(17)16-10-3-4-11-16/h12-13H,2-11H2,1H3,(H,15,17). The molecule has 1 aliphatic carbocycles. The van der Waals surface area contributed by atoms with Gasteiger partial charge in [-0.15, -0.1) is 0 Å². The van der Waals surface area contributed by atoms with E-state index in [9.17, 15) is 4.79 Å². The summed E-state index contributed by atoms with van der Waals surface area (Å²) >= 11 is 0. The summed E-state index contributed by atoms with van der Waals surface area (Å²) in [6.45, 7) is 4.18. The third kappa shape index (κ3) is 3.62. The molecule has 2 rings (SSSR count). The Morgan fingerprint density at radius 3 is 2.41 bits per heavy atom. The number of hydrogen-bond donors (Lipinski definition) is 1. The van der Waals surface area contributed by atoms with Crippen LogP contribution in [0.25, 0.3) is 0 Å². The smallest absolute Gasteiger partial charge is 0.317 e. The Bertz CT molecular complexity index is 241. The predicted octanol–water partition coefficient (Wildman–Crippen LogP) is 3.15. The zero-order valence-corrected chi connectivity index (χ0v) is 11.1. The van der Waals surface area contributed by atoms with E-state index in [4.69, 9.17) is 0 Å². The van der Waals surface area contributed by atoms with E-state index < -0.39 is 0 Å². The Hall–Kier alpha value is -0.730. The first-order valence-corrected chi connectivity index (χ1v) is 7.35. The van der Waals surface area contributed by atoms with Crippen molar-refractivity contribution in [2.45, 2.75) is 64.3 Å². The molecule has 0 bridgehead atoms. The lowest BCUT2D eigenvalue weighted by atomic mass is 9.83. The Morgan fingerprint density at radius 1 is 1.18 bits per heavy atom. The summed E-state index contributed by atoms with van der Waals surface area (Å²) in [7, 11) is 0. The first-order valence-electron chi connectivity index (χ1n) is 7.35. The molecule has 2 amide bonds. The number of rotatable bonds is 3. The fourth-order valence-corrected chi connectivity index (χ4v) is 3.19. The molecule has 0 atom stereocenters. The van der Waals surface area contributed by atoms with E-state index >= 15 is 0 Å². The molecule has 1 aliphatic heterocycles. The molecule has 0 aromatic rings. The number of amides is 2. The number of nitrogens with zero attached hydrogens (tertiary/aromatic N) is 1. The molecule has 1 saturated carbocycles. The molecule has 1 N–H and O–H groups in total. The monoisotopic (exact) mass is 238 g/mol. The van der Waals surface area contributed by atoms with Gasteiger partial charge in [-0.1, -0.05) is 19.8 Å². The van der Waals surface area contributed by atoms with Gasteiger partial charge in [0.15, 0.2) is 0 Å². The van der Waals surface area contributed by atoms with Crippen LogP contribution in [0.1, 0.15) is 58.3 Å². The Balaban J connectivity index is 1.68. The zero-order valence-electron chi connectivity index (χ0n) is 11.1. The van der Waals surface area contributed by atoms with E-state index in [0.717, 1.165) is 19.0 Å². The topological polar surface area (TPSA) is 32.3 Å². The Kier molecular flexibility index (Phi) is 4.69. The molecule has 0 radical (unpaired) electrons. The SMILES string of the molecule is CCCC1CCC(NC(=O)N2CCCC2)CC1. The lowest BCUT2D eigenvalue weighted by molar-refractivity contribution is 0.195. The highest BCUT2D eigenvalue weighted by Crippen LogP contribution is 2.27. The molecule has 3 nitrogen and oxygen atoms in total. The van der Waals surface area contributed by atoms with Gasteiger partial charge in [0, 0.05) is 19.1 Å². The molecule has 1 saturated heterocycles. The minimum atomic E-state index is 0.182. The molecule has 0 aromatic heterocycles. The second kappa shape index (κ2) is 6.27. The van der Waals surface area contributed by atoms with Crippen LogP contribution in [-0.4, -0.2) is 30.1 Å². The van der Waals surface area contributed by atoms with Crippen LogP contribution >= 0.6 is 0 Å². The van der Waals surface area contributed by atoms with Crippen molar-refractivity contribution in [3.05, 3.63) is 0 Å². The minimum absolute atomic E-state index is 0.182. The summed E-state index contributed by atoms with van der Waals surface area (Å²) in [6, 6.07) is 0.623. The summed E-state index contributed by atoms with van der Waals surface area (Å²) in [5, 5.41) is 3.21. The van der Waals surface area contributed by atoms with Crippen LogP contribution in [0.2, 0.25) is 0 Å². The van der Waals surface area contributed by atoms with Crippen LogP contribution in [0.4, 0.5) is 4.79 Å². The quantitative estimate of drug-likeness (QED) is 0.805. The van der Waals surface area contributed by atoms with Crippen molar-refractivity contribution in [2.24, 2.45) is 5.92 Å². The van der Waals surface area contributed by atoms with E-state index in [0.29, 0.717) is 6.04 Å². The maximum absolute atomic E-state index is 11.9. The van der Waals surface area contributed by atoms with E-state index in [1.165, 1.54) is 51.4 Å². The van der Waals surface area contributed by atoms with Crippen molar-refractivity contribution in [1.29, 1.82) is 0 Å². The highest BCUT2D eigenvalue weighted by Gasteiger charge is 2.24. The molecular formula is C14H26N2O. The van der Waals surface area contributed by atoms with Crippen molar-refractivity contribution < 1.29 is 4.79 Å². The largest absolute Gasteiger partial charge is 0.335 e. The average Bonchev–Trinajstić information content (AvgIpc) is 2.86. The third-order valence-corrected chi connectivity index (χ3v) is 4.26. The van der Waals surface area contributed by atoms with Gasteiger partial charge in [0.1, 0.15) is 0 Å². The molecule has 17 heavy (non-hydrogen) atoms. The number of hydrogen-bond acceptors (Lipinski definition) is 1. The summed E-state index contributed by atoms with van der Waals surface area (Å²) < 4.78 is 0. The third-order valence-electron chi connectivity index (χ3n) is 4.26. The lowest BCUT2D eigenvalue weighted by Gasteiger charge is -2.30. The molecule has 0 spiro atoms. The van der Waals surface area contributed by atoms with Crippen LogP contribution in [0.15, 0.2) is 0 Å². The molecular weight excluding hydrogens is 212 g/mol. The van der Waals surface area contributed by atoms with Gasteiger partial charge in [0.05, 0.1) is 0 Å². The number of nitrogens with one attached hydrogen (secondary N) is 1. The Labute approximate surface area is 105 Å². The zero-order chi connectivity index (χ0) is 12.1.